The minimum Gasteiger partial charge on any atom is -0.368 e. The van der Waals surface area contributed by atoms with Crippen molar-refractivity contribution in [1.29, 1.82) is 0 Å². The second-order valence-electron chi connectivity index (χ2n) is 7.95. The zero-order valence-electron chi connectivity index (χ0n) is 16.8. The first kappa shape index (κ1) is 19.4. The van der Waals surface area contributed by atoms with Gasteiger partial charge < -0.3 is 9.80 Å². The van der Waals surface area contributed by atoms with E-state index < -0.39 is 0 Å². The molecule has 4 rings (SSSR count). The molecule has 28 heavy (non-hydrogen) atoms. The molecule has 0 radical (unpaired) electrons. The molecule has 2 saturated heterocycles. The number of hydrogen-bond donors (Lipinski definition) is 0. The number of aryl methyl sites for hydroxylation is 1. The summed E-state index contributed by atoms with van der Waals surface area (Å²) in [4.78, 5) is 24.3. The van der Waals surface area contributed by atoms with Crippen LogP contribution in [0.5, 0.6) is 0 Å². The number of aromatic nitrogens is 1. The molecule has 2 fully saturated rings. The van der Waals surface area contributed by atoms with Crippen molar-refractivity contribution in [2.75, 3.05) is 44.2 Å². The third-order valence-electron chi connectivity index (χ3n) is 5.74. The number of piperidine rings is 1. The number of likely N-dealkylation sites (tertiary alicyclic amines) is 1. The zero-order valence-corrected chi connectivity index (χ0v) is 17.6. The molecule has 2 aliphatic heterocycles. The predicted molar refractivity (Wildman–Crippen MR) is 115 cm³/mol. The van der Waals surface area contributed by atoms with Crippen LogP contribution >= 0.6 is 11.3 Å². The molecule has 0 atom stereocenters. The molecule has 6 heteroatoms. The number of piperazine rings is 1. The van der Waals surface area contributed by atoms with E-state index in [-0.39, 0.29) is 5.91 Å². The van der Waals surface area contributed by atoms with E-state index in [0.717, 1.165) is 43.4 Å². The average Bonchev–Trinajstić information content (AvgIpc) is 3.15. The molecule has 0 spiro atoms. The van der Waals surface area contributed by atoms with Crippen molar-refractivity contribution in [1.82, 2.24) is 14.8 Å². The molecule has 5 nitrogen and oxygen atoms in total. The fraction of sp³-hybridized carbons (Fsp3) is 0.545. The predicted octanol–water partition coefficient (Wildman–Crippen LogP) is 3.33. The summed E-state index contributed by atoms with van der Waals surface area (Å²) in [5.41, 5.74) is 3.47. The van der Waals surface area contributed by atoms with Crippen LogP contribution in [0.4, 0.5) is 5.69 Å². The highest BCUT2D eigenvalue weighted by Gasteiger charge is 2.22. The molecule has 1 aromatic heterocycles. The highest BCUT2D eigenvalue weighted by molar-refractivity contribution is 7.09. The summed E-state index contributed by atoms with van der Waals surface area (Å²) in [6, 6.07) is 8.60. The Morgan fingerprint density at radius 3 is 2.61 bits per heavy atom. The Morgan fingerprint density at radius 1 is 1.07 bits per heavy atom. The van der Waals surface area contributed by atoms with Crippen molar-refractivity contribution >= 4 is 22.9 Å². The average molecular weight is 399 g/mol. The summed E-state index contributed by atoms with van der Waals surface area (Å²) in [5.74, 6) is 0.207. The molecule has 0 unspecified atom stereocenters. The Kier molecular flexibility index (Phi) is 6.27. The summed E-state index contributed by atoms with van der Waals surface area (Å²) in [6.45, 7) is 8.79. The molecule has 2 aromatic rings. The number of carbonyl (C=O) groups excluding carboxylic acids is 1. The Balaban J connectivity index is 1.26. The Hall–Kier alpha value is -1.92. The lowest BCUT2D eigenvalue weighted by molar-refractivity contribution is -0.130. The summed E-state index contributed by atoms with van der Waals surface area (Å²) in [7, 11) is 0. The molecule has 0 bridgehead atoms. The summed E-state index contributed by atoms with van der Waals surface area (Å²) >= 11 is 1.70. The highest BCUT2D eigenvalue weighted by atomic mass is 32.1. The molecule has 3 heterocycles. The van der Waals surface area contributed by atoms with E-state index in [1.165, 1.54) is 43.6 Å². The van der Waals surface area contributed by atoms with E-state index in [1.807, 2.05) is 4.90 Å². The Morgan fingerprint density at radius 2 is 1.86 bits per heavy atom. The smallest absolute Gasteiger partial charge is 0.228 e. The van der Waals surface area contributed by atoms with Crippen molar-refractivity contribution in [2.45, 2.75) is 39.2 Å². The summed E-state index contributed by atoms with van der Waals surface area (Å²) < 4.78 is 0. The van der Waals surface area contributed by atoms with Crippen LogP contribution in [-0.2, 0) is 17.8 Å². The quantitative estimate of drug-likeness (QED) is 0.775. The van der Waals surface area contributed by atoms with Gasteiger partial charge in [-0.1, -0.05) is 18.6 Å². The van der Waals surface area contributed by atoms with E-state index in [0.29, 0.717) is 6.42 Å². The number of hydrogen-bond acceptors (Lipinski definition) is 5. The normalized spacial score (nSPS) is 18.5. The monoisotopic (exact) mass is 398 g/mol. The van der Waals surface area contributed by atoms with Gasteiger partial charge in [-0.25, -0.2) is 4.98 Å². The lowest BCUT2D eigenvalue weighted by Gasteiger charge is -2.36. The van der Waals surface area contributed by atoms with Crippen molar-refractivity contribution in [3.63, 3.8) is 0 Å². The van der Waals surface area contributed by atoms with Crippen LogP contribution in [0.2, 0.25) is 0 Å². The number of anilines is 1. The molecule has 0 saturated carbocycles. The van der Waals surface area contributed by atoms with E-state index >= 15 is 0 Å². The number of carbonyl (C=O) groups is 1. The summed E-state index contributed by atoms with van der Waals surface area (Å²) in [5, 5.41) is 3.22. The van der Waals surface area contributed by atoms with Gasteiger partial charge in [0.25, 0.3) is 0 Å². The molecule has 0 N–H and O–H groups in total. The third kappa shape index (κ3) is 4.92. The van der Waals surface area contributed by atoms with Crippen molar-refractivity contribution in [2.24, 2.45) is 0 Å². The standard InChI is InChI=1S/C22H30N4OS/c1-18-6-5-7-20(14-18)25-10-12-26(13-11-25)22(27)15-19-17-28-21(23-19)16-24-8-3-2-4-9-24/h5-7,14,17H,2-4,8-13,15-16H2,1H3. The van der Waals surface area contributed by atoms with Crippen LogP contribution in [0, 0.1) is 6.92 Å². The van der Waals surface area contributed by atoms with Crippen molar-refractivity contribution in [3.8, 4) is 0 Å². The largest absolute Gasteiger partial charge is 0.368 e. The fourth-order valence-electron chi connectivity index (χ4n) is 4.12. The lowest BCUT2D eigenvalue weighted by Crippen LogP contribution is -2.49. The highest BCUT2D eigenvalue weighted by Crippen LogP contribution is 2.19. The first-order chi connectivity index (χ1) is 13.7. The maximum atomic E-state index is 12.7. The van der Waals surface area contributed by atoms with Gasteiger partial charge in [0.05, 0.1) is 18.7 Å². The second kappa shape index (κ2) is 9.05. The van der Waals surface area contributed by atoms with Gasteiger partial charge in [0.1, 0.15) is 5.01 Å². The number of benzene rings is 1. The van der Waals surface area contributed by atoms with E-state index in [2.05, 4.69) is 46.4 Å². The first-order valence-corrected chi connectivity index (χ1v) is 11.3. The number of thiazole rings is 1. The lowest BCUT2D eigenvalue weighted by atomic mass is 10.1. The van der Waals surface area contributed by atoms with Crippen LogP contribution in [0.25, 0.3) is 0 Å². The van der Waals surface area contributed by atoms with Gasteiger partial charge in [-0.3, -0.25) is 9.69 Å². The topological polar surface area (TPSA) is 39.7 Å². The van der Waals surface area contributed by atoms with Crippen LogP contribution in [0.1, 0.15) is 35.5 Å². The Labute approximate surface area is 172 Å². The second-order valence-corrected chi connectivity index (χ2v) is 8.90. The van der Waals surface area contributed by atoms with Gasteiger partial charge in [0, 0.05) is 37.2 Å². The van der Waals surface area contributed by atoms with Gasteiger partial charge in [-0.15, -0.1) is 11.3 Å². The SMILES string of the molecule is Cc1cccc(N2CCN(C(=O)Cc3csc(CN4CCCCC4)n3)CC2)c1. The maximum absolute atomic E-state index is 12.7. The number of amides is 1. The fourth-order valence-corrected chi connectivity index (χ4v) is 4.95. The van der Waals surface area contributed by atoms with Crippen LogP contribution in [0.15, 0.2) is 29.6 Å². The van der Waals surface area contributed by atoms with Gasteiger partial charge in [0.2, 0.25) is 5.91 Å². The van der Waals surface area contributed by atoms with Gasteiger partial charge >= 0.3 is 0 Å². The zero-order chi connectivity index (χ0) is 19.3. The van der Waals surface area contributed by atoms with Crippen molar-refractivity contribution in [3.05, 3.63) is 45.9 Å². The van der Waals surface area contributed by atoms with Gasteiger partial charge in [-0.2, -0.15) is 0 Å². The first-order valence-electron chi connectivity index (χ1n) is 10.4. The van der Waals surface area contributed by atoms with Crippen LogP contribution < -0.4 is 4.90 Å². The molecule has 2 aliphatic rings. The Bertz CT molecular complexity index is 791. The molecular weight excluding hydrogens is 368 g/mol. The molecular formula is C22H30N4OS. The van der Waals surface area contributed by atoms with E-state index in [4.69, 9.17) is 4.98 Å². The van der Waals surface area contributed by atoms with Gasteiger partial charge in [-0.05, 0) is 50.6 Å². The maximum Gasteiger partial charge on any atom is 0.228 e. The minimum absolute atomic E-state index is 0.207. The minimum atomic E-state index is 0.207. The van der Waals surface area contributed by atoms with Crippen LogP contribution in [0.3, 0.4) is 0 Å². The molecule has 0 aliphatic carbocycles. The van der Waals surface area contributed by atoms with Crippen molar-refractivity contribution < 1.29 is 4.79 Å². The molecule has 150 valence electrons. The van der Waals surface area contributed by atoms with Crippen LogP contribution in [-0.4, -0.2) is 60.0 Å². The molecule has 1 aromatic carbocycles. The van der Waals surface area contributed by atoms with Gasteiger partial charge in [0.15, 0.2) is 0 Å². The summed E-state index contributed by atoms with van der Waals surface area (Å²) in [6.07, 6.45) is 4.38. The van der Waals surface area contributed by atoms with E-state index in [9.17, 15) is 4.79 Å². The third-order valence-corrected chi connectivity index (χ3v) is 6.62. The number of rotatable bonds is 5. The van der Waals surface area contributed by atoms with E-state index in [1.54, 1.807) is 11.3 Å². The number of nitrogens with zero attached hydrogens (tertiary/aromatic N) is 4. The molecule has 1 amide bonds.